The molecule has 0 bridgehead atoms. The van der Waals surface area contributed by atoms with Gasteiger partial charge < -0.3 is 113 Å². The Hall–Kier alpha value is -11.7. The number of unbranched alkanes of at least 4 members (excludes halogenated alkanes) is 3. The van der Waals surface area contributed by atoms with Crippen molar-refractivity contribution in [2.45, 2.75) is 191 Å². The lowest BCUT2D eigenvalue weighted by Crippen LogP contribution is -2.59. The van der Waals surface area contributed by atoms with Crippen LogP contribution in [0.1, 0.15) is 145 Å². The summed E-state index contributed by atoms with van der Waals surface area (Å²) in [7, 11) is 0. The fraction of sp³-hybridized carbons (Fsp3) is 0.500. The molecule has 4 aromatic rings. The molecule has 9 atom stereocenters. The van der Waals surface area contributed by atoms with Gasteiger partial charge in [0.2, 0.25) is 59.1 Å². The summed E-state index contributed by atoms with van der Waals surface area (Å²) in [5, 5.41) is 89.6. The van der Waals surface area contributed by atoms with Crippen LogP contribution in [0.2, 0.25) is 0 Å². The van der Waals surface area contributed by atoms with Crippen molar-refractivity contribution in [2.24, 2.45) is 28.9 Å². The summed E-state index contributed by atoms with van der Waals surface area (Å²) in [5.74, 6) is -12.9. The number of benzene rings is 3. The Labute approximate surface area is 640 Å². The number of carboxylic acid groups (broad SMARTS) is 2. The van der Waals surface area contributed by atoms with E-state index >= 15 is 0 Å². The smallest absolute Gasteiger partial charge is 0.326 e. The molecule has 602 valence electrons. The Morgan fingerprint density at radius 2 is 0.982 bits per heavy atom. The highest BCUT2D eigenvalue weighted by Crippen LogP contribution is 2.26. The SMILES string of the molecule is CCCC[C@H](NC(=O)[C@H](CN)NC(=O)c1ccc(NC(=N)N)cc1)C(=O)N[C@@H](CC(C)C)C(=O)NCC(=O)N[C@@H](CCCNC(=N)N)C(=O)N[C@@H](CCC)C(=O)N[C@@H](Cc1ccc(O)cc1)C(=O)N[C@@H](CCCNC(=N)N)C(=O)NCCCCCC(=O)N[C@@H](CC(=O)O)C(=O)N[C@@H](Cc1cc2ccccc2s1)C(=O)O. The molecule has 0 saturated heterocycles. The predicted octanol–water partition coefficient (Wildman–Crippen LogP) is -0.752. The van der Waals surface area contributed by atoms with E-state index in [0.29, 0.717) is 48.2 Å². The molecular formula is C72H107N21O16S. The first-order valence-corrected chi connectivity index (χ1v) is 37.2. The van der Waals surface area contributed by atoms with Crippen LogP contribution in [0, 0.1) is 22.1 Å². The minimum Gasteiger partial charge on any atom is -0.508 e. The number of hydrogen-bond donors (Lipinski definition) is 24. The molecule has 0 spiro atoms. The third-order valence-corrected chi connectivity index (χ3v) is 18.0. The molecule has 110 heavy (non-hydrogen) atoms. The van der Waals surface area contributed by atoms with Crippen molar-refractivity contribution in [3.8, 4) is 5.75 Å². The van der Waals surface area contributed by atoms with Crippen molar-refractivity contribution in [2.75, 3.05) is 38.0 Å². The van der Waals surface area contributed by atoms with Gasteiger partial charge in [-0.2, -0.15) is 0 Å². The zero-order valence-electron chi connectivity index (χ0n) is 62.2. The van der Waals surface area contributed by atoms with Gasteiger partial charge in [-0.3, -0.25) is 73.8 Å². The Morgan fingerprint density at radius 3 is 1.54 bits per heavy atom. The van der Waals surface area contributed by atoms with Crippen molar-refractivity contribution >= 4 is 122 Å². The van der Waals surface area contributed by atoms with E-state index in [1.165, 1.54) is 59.9 Å². The topological polar surface area (TPSA) is 627 Å². The number of amides is 11. The first-order valence-electron chi connectivity index (χ1n) is 36.3. The van der Waals surface area contributed by atoms with Gasteiger partial charge in [0.05, 0.1) is 13.0 Å². The Bertz CT molecular complexity index is 3770. The molecule has 0 aliphatic rings. The Morgan fingerprint density at radius 1 is 0.473 bits per heavy atom. The number of aromatic hydroxyl groups is 1. The average molecular weight is 1550 g/mol. The van der Waals surface area contributed by atoms with Gasteiger partial charge in [-0.1, -0.05) is 83.7 Å². The highest BCUT2D eigenvalue weighted by Gasteiger charge is 2.35. The molecule has 1 heterocycles. The molecule has 11 amide bonds. The number of thiophene rings is 1. The summed E-state index contributed by atoms with van der Waals surface area (Å²) in [4.78, 5) is 177. The van der Waals surface area contributed by atoms with E-state index in [2.05, 4.69) is 74.4 Å². The number of nitrogens with one attached hydrogen (secondary N) is 17. The van der Waals surface area contributed by atoms with E-state index in [9.17, 15) is 77.6 Å². The highest BCUT2D eigenvalue weighted by atomic mass is 32.1. The van der Waals surface area contributed by atoms with E-state index < -0.39 is 144 Å². The van der Waals surface area contributed by atoms with Gasteiger partial charge in [0.15, 0.2) is 17.9 Å². The van der Waals surface area contributed by atoms with Crippen LogP contribution in [0.4, 0.5) is 5.69 Å². The van der Waals surface area contributed by atoms with Crippen LogP contribution in [0.25, 0.3) is 10.1 Å². The van der Waals surface area contributed by atoms with Crippen LogP contribution in [0.3, 0.4) is 0 Å². The molecule has 0 saturated carbocycles. The number of carbonyl (C=O) groups excluding carboxylic acids is 11. The molecule has 0 radical (unpaired) electrons. The van der Waals surface area contributed by atoms with Crippen LogP contribution >= 0.6 is 11.3 Å². The summed E-state index contributed by atoms with van der Waals surface area (Å²) >= 11 is 1.34. The van der Waals surface area contributed by atoms with E-state index in [4.69, 9.17) is 39.2 Å². The maximum absolute atomic E-state index is 14.6. The van der Waals surface area contributed by atoms with Crippen LogP contribution in [0.15, 0.2) is 78.9 Å². The summed E-state index contributed by atoms with van der Waals surface area (Å²) < 4.78 is 0.904. The zero-order chi connectivity index (χ0) is 81.4. The molecule has 3 aromatic carbocycles. The number of fused-ring (bicyclic) bond motifs is 1. The molecule has 28 N–H and O–H groups in total. The second kappa shape index (κ2) is 47.9. The number of phenols is 1. The van der Waals surface area contributed by atoms with Gasteiger partial charge in [-0.05, 0) is 123 Å². The number of carboxylic acids is 2. The van der Waals surface area contributed by atoms with E-state index in [0.717, 1.165) is 10.1 Å². The Kier molecular flexibility index (Phi) is 39.5. The van der Waals surface area contributed by atoms with Gasteiger partial charge >= 0.3 is 11.9 Å². The maximum atomic E-state index is 14.6. The van der Waals surface area contributed by atoms with Crippen molar-refractivity contribution in [3.63, 3.8) is 0 Å². The van der Waals surface area contributed by atoms with Crippen molar-refractivity contribution < 1.29 is 77.6 Å². The Balaban J connectivity index is 1.44. The number of guanidine groups is 3. The second-order valence-electron chi connectivity index (χ2n) is 26.6. The zero-order valence-corrected chi connectivity index (χ0v) is 63.0. The summed E-state index contributed by atoms with van der Waals surface area (Å²) in [6.07, 6.45) is 1.27. The van der Waals surface area contributed by atoms with E-state index in [1.807, 2.05) is 31.2 Å². The minimum atomic E-state index is -1.60. The predicted molar refractivity (Wildman–Crippen MR) is 412 cm³/mol. The van der Waals surface area contributed by atoms with E-state index in [1.54, 1.807) is 26.8 Å². The van der Waals surface area contributed by atoms with Crippen LogP contribution in [-0.2, 0) is 70.4 Å². The molecule has 1 aromatic heterocycles. The molecular weight excluding hydrogens is 1450 g/mol. The number of carbonyl (C=O) groups is 13. The molecule has 4 rings (SSSR count). The van der Waals surface area contributed by atoms with Crippen molar-refractivity contribution in [3.05, 3.63) is 94.9 Å². The molecule has 0 fully saturated rings. The maximum Gasteiger partial charge on any atom is 0.326 e. The standard InChI is InChI=1S/C72H107N21O16S/c1-5-7-17-50(89-68(107)55(38-73)93-60(99)42-24-26-44(27-25-42)84-72(78)79)65(104)90-51(33-40(3)4)62(101)83-39-58(96)85-49(19-14-32-82-71(76)77)64(103)87-47(15-6-2)63(102)91-52(34-41-22-28-45(94)29-23-41)66(105)88-48(18-13-31-81-70(74)75)61(100)80-30-12-8-9-21-57(95)86-53(37-59(97)98)67(106)92-54(69(108)109)36-46-35-43-16-10-11-20-56(43)110-46/h10-11,16,20,22-29,35,40,47-55,94H,5-9,12-15,17-19,21,30-34,36-39,73H2,1-4H3,(H,80,100)(H,83,101)(H,85,96)(H,86,95)(H,87,103)(H,88,105)(H,89,107)(H,90,104)(H,91,102)(H,92,106)(H,93,99)(H,97,98)(H,108,109)(H4,74,75,81)(H4,76,77,82)(H4,78,79,84)/t47-,48-,49-,50-,51-,52-,53-,54-,55-/m0/s1. The molecule has 0 aliphatic carbocycles. The number of phenolic OH excluding ortho intramolecular Hbond substituents is 1. The third kappa shape index (κ3) is 34.0. The van der Waals surface area contributed by atoms with E-state index in [-0.39, 0.29) is 132 Å². The number of nitrogens with two attached hydrogens (primary N) is 4. The number of anilines is 1. The third-order valence-electron chi connectivity index (χ3n) is 16.9. The summed E-state index contributed by atoms with van der Waals surface area (Å²) in [6.45, 7) is 6.30. The van der Waals surface area contributed by atoms with Gasteiger partial charge in [0.25, 0.3) is 5.91 Å². The van der Waals surface area contributed by atoms with Crippen LogP contribution in [0.5, 0.6) is 5.75 Å². The average Bonchev–Trinajstić information content (AvgIpc) is 1.66. The molecule has 37 nitrogen and oxygen atoms in total. The lowest BCUT2D eigenvalue weighted by molar-refractivity contribution is -0.143. The normalized spacial score (nSPS) is 13.4. The number of rotatable bonds is 50. The quantitative estimate of drug-likeness (QED) is 0.0147. The minimum absolute atomic E-state index is 0.00713. The monoisotopic (exact) mass is 1550 g/mol. The molecule has 38 heteroatoms. The van der Waals surface area contributed by atoms with Crippen molar-refractivity contribution in [1.29, 1.82) is 16.2 Å². The number of aliphatic carboxylic acids is 2. The first-order chi connectivity index (χ1) is 52.3. The van der Waals surface area contributed by atoms with Gasteiger partial charge in [-0.25, -0.2) is 4.79 Å². The highest BCUT2D eigenvalue weighted by molar-refractivity contribution is 7.19. The van der Waals surface area contributed by atoms with Gasteiger partial charge in [0.1, 0.15) is 60.1 Å². The van der Waals surface area contributed by atoms with Crippen LogP contribution in [-0.4, -0.2) is 197 Å². The largest absolute Gasteiger partial charge is 0.508 e. The lowest BCUT2D eigenvalue weighted by Gasteiger charge is -2.27. The van der Waals surface area contributed by atoms with Gasteiger partial charge in [0, 0.05) is 66.3 Å². The summed E-state index contributed by atoms with van der Waals surface area (Å²) in [5.41, 5.74) is 23.4. The van der Waals surface area contributed by atoms with Gasteiger partial charge in [-0.15, -0.1) is 11.3 Å². The summed E-state index contributed by atoms with van der Waals surface area (Å²) in [6, 6.07) is 8.50. The fourth-order valence-electron chi connectivity index (χ4n) is 11.2. The van der Waals surface area contributed by atoms with Crippen LogP contribution < -0.4 is 97.4 Å². The lowest BCUT2D eigenvalue weighted by atomic mass is 10.0. The second-order valence-corrected chi connectivity index (χ2v) is 27.8. The number of hydrogen-bond acceptors (Lipinski definition) is 19. The molecule has 0 unspecified atom stereocenters. The fourth-order valence-corrected chi connectivity index (χ4v) is 12.3. The first kappa shape index (κ1) is 90.7. The van der Waals surface area contributed by atoms with Crippen molar-refractivity contribution in [1.82, 2.24) is 69.1 Å². The molecule has 0 aliphatic heterocycles.